The van der Waals surface area contributed by atoms with Gasteiger partial charge in [-0.15, -0.1) is 0 Å². The first-order valence-electron chi connectivity index (χ1n) is 4.77. The zero-order chi connectivity index (χ0) is 12.9. The van der Waals surface area contributed by atoms with Gasteiger partial charge in [0.05, 0.1) is 4.90 Å². The van der Waals surface area contributed by atoms with E-state index >= 15 is 0 Å². The van der Waals surface area contributed by atoms with E-state index in [1.165, 1.54) is 6.08 Å². The van der Waals surface area contributed by atoms with Gasteiger partial charge in [-0.25, -0.2) is 21.9 Å². The molecule has 0 aromatic heterocycles. The van der Waals surface area contributed by atoms with Crippen LogP contribution in [-0.4, -0.2) is 21.5 Å². The van der Waals surface area contributed by atoms with Gasteiger partial charge in [-0.2, -0.15) is 0 Å². The fraction of sp³-hybridized carbons (Fsp3) is 0.200. The molecule has 0 aliphatic carbocycles. The summed E-state index contributed by atoms with van der Waals surface area (Å²) in [6.07, 6.45) is 3.10. The Morgan fingerprint density at radius 2 is 1.94 bits per heavy atom. The van der Waals surface area contributed by atoms with Crippen LogP contribution in [0.15, 0.2) is 35.2 Å². The SMILES string of the molecule is NC/C=C/CNS(=O)(=O)c1ccc(F)c(F)c1. The number of halogens is 2. The predicted octanol–water partition coefficient (Wildman–Crippen LogP) is 0.758. The summed E-state index contributed by atoms with van der Waals surface area (Å²) in [6.45, 7) is 0.339. The monoisotopic (exact) mass is 262 g/mol. The standard InChI is InChI=1S/C10H12F2N2O2S/c11-9-4-3-8(7-10(9)12)17(15,16)14-6-2-1-5-13/h1-4,7,14H,5-6,13H2/b2-1+. The van der Waals surface area contributed by atoms with Crippen molar-refractivity contribution in [3.63, 3.8) is 0 Å². The number of nitrogens with one attached hydrogen (secondary N) is 1. The third kappa shape index (κ3) is 3.88. The zero-order valence-electron chi connectivity index (χ0n) is 8.86. The summed E-state index contributed by atoms with van der Waals surface area (Å²) in [5, 5.41) is 0. The van der Waals surface area contributed by atoms with Crippen molar-refractivity contribution in [3.05, 3.63) is 42.0 Å². The quantitative estimate of drug-likeness (QED) is 0.769. The molecule has 94 valence electrons. The molecule has 0 unspecified atom stereocenters. The number of hydrogen-bond acceptors (Lipinski definition) is 3. The van der Waals surface area contributed by atoms with Crippen molar-refractivity contribution < 1.29 is 17.2 Å². The first kappa shape index (κ1) is 13.8. The Kier molecular flexibility index (Phi) is 4.73. The summed E-state index contributed by atoms with van der Waals surface area (Å²) >= 11 is 0. The largest absolute Gasteiger partial charge is 0.327 e. The molecule has 0 amide bonds. The normalized spacial score (nSPS) is 12.2. The minimum Gasteiger partial charge on any atom is -0.327 e. The van der Waals surface area contributed by atoms with Gasteiger partial charge in [0.15, 0.2) is 11.6 Å². The lowest BCUT2D eigenvalue weighted by Gasteiger charge is -2.04. The fourth-order valence-electron chi connectivity index (χ4n) is 1.06. The van der Waals surface area contributed by atoms with Crippen molar-refractivity contribution in [1.29, 1.82) is 0 Å². The van der Waals surface area contributed by atoms with Crippen LogP contribution in [0.2, 0.25) is 0 Å². The summed E-state index contributed by atoms with van der Waals surface area (Å²) in [4.78, 5) is -0.322. The van der Waals surface area contributed by atoms with Crippen LogP contribution < -0.4 is 10.5 Å². The van der Waals surface area contributed by atoms with Crippen LogP contribution in [0, 0.1) is 11.6 Å². The van der Waals surface area contributed by atoms with E-state index < -0.39 is 21.7 Å². The van der Waals surface area contributed by atoms with E-state index in [9.17, 15) is 17.2 Å². The Morgan fingerprint density at radius 3 is 2.53 bits per heavy atom. The van der Waals surface area contributed by atoms with Gasteiger partial charge in [0.1, 0.15) is 0 Å². The Bertz CT molecular complexity index is 515. The molecule has 0 saturated heterocycles. The van der Waals surface area contributed by atoms with Crippen LogP contribution in [0.4, 0.5) is 8.78 Å². The Hall–Kier alpha value is -1.31. The zero-order valence-corrected chi connectivity index (χ0v) is 9.68. The molecule has 1 rings (SSSR count). The third-order valence-electron chi connectivity index (χ3n) is 1.90. The molecule has 3 N–H and O–H groups in total. The van der Waals surface area contributed by atoms with E-state index in [4.69, 9.17) is 5.73 Å². The van der Waals surface area contributed by atoms with Crippen molar-refractivity contribution in [3.8, 4) is 0 Å². The minimum absolute atomic E-state index is 0.0402. The molecule has 0 atom stereocenters. The molecule has 17 heavy (non-hydrogen) atoms. The second-order valence-electron chi connectivity index (χ2n) is 3.13. The van der Waals surface area contributed by atoms with Gasteiger partial charge < -0.3 is 5.73 Å². The maximum absolute atomic E-state index is 12.9. The molecule has 0 spiro atoms. The van der Waals surface area contributed by atoms with Gasteiger partial charge in [-0.05, 0) is 18.2 Å². The smallest absolute Gasteiger partial charge is 0.240 e. The van der Waals surface area contributed by atoms with Crippen LogP contribution >= 0.6 is 0 Å². The van der Waals surface area contributed by atoms with E-state index in [2.05, 4.69) is 4.72 Å². The molecule has 0 heterocycles. The van der Waals surface area contributed by atoms with Crippen molar-refractivity contribution in [1.82, 2.24) is 4.72 Å². The van der Waals surface area contributed by atoms with Crippen molar-refractivity contribution in [2.45, 2.75) is 4.90 Å². The van der Waals surface area contributed by atoms with Crippen molar-refractivity contribution in [2.24, 2.45) is 5.73 Å². The van der Waals surface area contributed by atoms with E-state index in [-0.39, 0.29) is 11.4 Å². The lowest BCUT2D eigenvalue weighted by atomic mass is 10.3. The highest BCUT2D eigenvalue weighted by molar-refractivity contribution is 7.89. The van der Waals surface area contributed by atoms with Gasteiger partial charge >= 0.3 is 0 Å². The summed E-state index contributed by atoms with van der Waals surface area (Å²) in [5.74, 6) is -2.29. The van der Waals surface area contributed by atoms with Crippen LogP contribution in [0.3, 0.4) is 0 Å². The molecule has 1 aromatic rings. The Balaban J connectivity index is 2.82. The Morgan fingerprint density at radius 1 is 1.24 bits per heavy atom. The van der Waals surface area contributed by atoms with Crippen LogP contribution in [0.1, 0.15) is 0 Å². The molecule has 0 aliphatic heterocycles. The number of sulfonamides is 1. The molecule has 0 fully saturated rings. The molecule has 0 aliphatic rings. The average molecular weight is 262 g/mol. The van der Waals surface area contributed by atoms with Gasteiger partial charge in [0.25, 0.3) is 0 Å². The number of benzene rings is 1. The molecule has 1 aromatic carbocycles. The molecular formula is C10H12F2N2O2S. The van der Waals surface area contributed by atoms with E-state index in [1.807, 2.05) is 0 Å². The summed E-state index contributed by atoms with van der Waals surface area (Å²) in [6, 6.07) is 2.39. The first-order valence-corrected chi connectivity index (χ1v) is 6.25. The topological polar surface area (TPSA) is 72.2 Å². The number of nitrogens with two attached hydrogens (primary N) is 1. The maximum Gasteiger partial charge on any atom is 0.240 e. The van der Waals surface area contributed by atoms with Gasteiger partial charge in [0.2, 0.25) is 10.0 Å². The molecular weight excluding hydrogens is 250 g/mol. The number of rotatable bonds is 5. The predicted molar refractivity (Wildman–Crippen MR) is 59.7 cm³/mol. The summed E-state index contributed by atoms with van der Waals surface area (Å²) < 4.78 is 50.9. The molecule has 0 radical (unpaired) electrons. The Labute approximate surface area is 98.2 Å². The lowest BCUT2D eigenvalue weighted by molar-refractivity contribution is 0.504. The van der Waals surface area contributed by atoms with E-state index in [1.54, 1.807) is 6.08 Å². The van der Waals surface area contributed by atoms with E-state index in [0.29, 0.717) is 12.6 Å². The van der Waals surface area contributed by atoms with Gasteiger partial charge in [-0.1, -0.05) is 12.2 Å². The summed E-state index contributed by atoms with van der Waals surface area (Å²) in [7, 11) is -3.83. The highest BCUT2D eigenvalue weighted by atomic mass is 32.2. The van der Waals surface area contributed by atoms with Gasteiger partial charge in [-0.3, -0.25) is 0 Å². The van der Waals surface area contributed by atoms with Crippen molar-refractivity contribution >= 4 is 10.0 Å². The minimum atomic E-state index is -3.83. The molecule has 4 nitrogen and oxygen atoms in total. The molecule has 0 bridgehead atoms. The highest BCUT2D eigenvalue weighted by Gasteiger charge is 2.15. The van der Waals surface area contributed by atoms with Crippen LogP contribution in [0.5, 0.6) is 0 Å². The van der Waals surface area contributed by atoms with Gasteiger partial charge in [0, 0.05) is 13.1 Å². The first-order chi connectivity index (χ1) is 7.97. The fourth-order valence-corrected chi connectivity index (χ4v) is 2.05. The van der Waals surface area contributed by atoms with Crippen LogP contribution in [0.25, 0.3) is 0 Å². The van der Waals surface area contributed by atoms with Crippen LogP contribution in [-0.2, 0) is 10.0 Å². The lowest BCUT2D eigenvalue weighted by Crippen LogP contribution is -2.24. The highest BCUT2D eigenvalue weighted by Crippen LogP contribution is 2.13. The third-order valence-corrected chi connectivity index (χ3v) is 3.32. The molecule has 7 heteroatoms. The second kappa shape index (κ2) is 5.85. The second-order valence-corrected chi connectivity index (χ2v) is 4.90. The van der Waals surface area contributed by atoms with Crippen molar-refractivity contribution in [2.75, 3.05) is 13.1 Å². The van der Waals surface area contributed by atoms with E-state index in [0.717, 1.165) is 12.1 Å². The average Bonchev–Trinajstić information content (AvgIpc) is 2.28. The number of hydrogen-bond donors (Lipinski definition) is 2. The maximum atomic E-state index is 12.9. The molecule has 0 saturated carbocycles. The summed E-state index contributed by atoms with van der Waals surface area (Å²) in [5.41, 5.74) is 5.17.